The molecule has 1 aliphatic rings. The van der Waals surface area contributed by atoms with E-state index in [0.717, 1.165) is 0 Å². The summed E-state index contributed by atoms with van der Waals surface area (Å²) in [6.07, 6.45) is 1.30. The Hall–Kier alpha value is -0.440. The van der Waals surface area contributed by atoms with Gasteiger partial charge in [-0.25, -0.2) is 0 Å². The number of rotatable bonds is 0. The topological polar surface area (TPSA) is 30.8 Å². The average Bonchev–Trinajstić information content (AvgIpc) is 1.72. The molecule has 0 amide bonds. The van der Waals surface area contributed by atoms with Crippen molar-refractivity contribution in [3.05, 3.63) is 0 Å². The Bertz CT molecular complexity index is 58.0. The molecule has 1 aliphatic heterocycles. The van der Waals surface area contributed by atoms with Crippen LogP contribution in [0.1, 0.15) is 0 Å². The van der Waals surface area contributed by atoms with Crippen molar-refractivity contribution in [2.24, 2.45) is 5.16 Å². The van der Waals surface area contributed by atoms with Crippen LogP contribution in [0.5, 0.6) is 0 Å². The summed E-state index contributed by atoms with van der Waals surface area (Å²) in [6, 6.07) is 0. The maximum absolute atomic E-state index is 4.65. The first kappa shape index (κ1) is 6.56. The molecule has 0 bridgehead atoms. The van der Waals surface area contributed by atoms with E-state index in [1.807, 2.05) is 0 Å². The lowest BCUT2D eigenvalue weighted by Crippen LogP contribution is -2.04. The fraction of sp³-hybridized carbons (Fsp3) is 0.667. The zero-order chi connectivity index (χ0) is 4.24. The van der Waals surface area contributed by atoms with Crippen LogP contribution in [0.2, 0.25) is 0 Å². The van der Waals surface area contributed by atoms with Crippen molar-refractivity contribution in [1.29, 1.82) is 0 Å². The third kappa shape index (κ3) is 2.28. The molecule has 0 spiro atoms. The van der Waals surface area contributed by atoms with E-state index in [1.54, 1.807) is 0 Å². The maximum atomic E-state index is 4.65. The summed E-state index contributed by atoms with van der Waals surface area (Å²) < 4.78 is 4.65. The summed E-state index contributed by atoms with van der Waals surface area (Å²) in [4.78, 5) is 4.51. The third-order valence-electron chi connectivity index (χ3n) is 0.485. The first-order chi connectivity index (χ1) is 3.00. The van der Waals surface area contributed by atoms with Crippen molar-refractivity contribution < 1.29 is 9.57 Å². The van der Waals surface area contributed by atoms with Crippen molar-refractivity contribution in [3.8, 4) is 0 Å². The maximum Gasteiger partial charge on any atom is 0.212 e. The summed E-state index contributed by atoms with van der Waals surface area (Å²) in [5.74, 6) is 0. The van der Waals surface area contributed by atoms with E-state index in [0.29, 0.717) is 13.2 Å². The van der Waals surface area contributed by atoms with E-state index in [9.17, 15) is 0 Å². The minimum Gasteiger partial charge on any atom is -0.477 e. The summed E-state index contributed by atoms with van der Waals surface area (Å²) in [5.41, 5.74) is 0. The molecule has 3 nitrogen and oxygen atoms in total. The molecule has 0 saturated carbocycles. The van der Waals surface area contributed by atoms with Crippen LogP contribution in [-0.4, -0.2) is 19.6 Å². The monoisotopic (exact) mass is 123 g/mol. The van der Waals surface area contributed by atoms with Crippen LogP contribution in [0.3, 0.4) is 0 Å². The first-order valence-corrected chi connectivity index (χ1v) is 1.75. The van der Waals surface area contributed by atoms with E-state index < -0.39 is 0 Å². The smallest absolute Gasteiger partial charge is 0.212 e. The largest absolute Gasteiger partial charge is 0.477 e. The Morgan fingerprint density at radius 1 is 1.43 bits per heavy atom. The Morgan fingerprint density at radius 2 is 2.29 bits per heavy atom. The van der Waals surface area contributed by atoms with Crippen molar-refractivity contribution in [1.82, 2.24) is 0 Å². The molecule has 0 unspecified atom stereocenters. The molecule has 0 aromatic rings. The van der Waals surface area contributed by atoms with Gasteiger partial charge in [0.1, 0.15) is 6.61 Å². The number of hydrogen-bond acceptors (Lipinski definition) is 3. The minimum absolute atomic E-state index is 0. The van der Waals surface area contributed by atoms with Crippen molar-refractivity contribution in [2.45, 2.75) is 0 Å². The molecule has 0 N–H and O–H groups in total. The highest BCUT2D eigenvalue weighted by Crippen LogP contribution is 1.81. The van der Waals surface area contributed by atoms with Crippen LogP contribution in [0.15, 0.2) is 5.16 Å². The third-order valence-corrected chi connectivity index (χ3v) is 0.485. The van der Waals surface area contributed by atoms with E-state index in [4.69, 9.17) is 0 Å². The SMILES string of the molecule is C1=NOCCO1.Cl. The highest BCUT2D eigenvalue weighted by atomic mass is 35.5. The molecule has 1 rings (SSSR count). The summed E-state index contributed by atoms with van der Waals surface area (Å²) >= 11 is 0. The van der Waals surface area contributed by atoms with Crippen LogP contribution in [0.4, 0.5) is 0 Å². The van der Waals surface area contributed by atoms with Gasteiger partial charge in [-0.05, 0) is 0 Å². The number of hydrogen-bond donors (Lipinski definition) is 0. The molecule has 0 fully saturated rings. The normalized spacial score (nSPS) is 16.0. The minimum atomic E-state index is 0. The fourth-order valence-corrected chi connectivity index (χ4v) is 0.252. The molecule has 4 heteroatoms. The van der Waals surface area contributed by atoms with Crippen LogP contribution in [0.25, 0.3) is 0 Å². The van der Waals surface area contributed by atoms with Gasteiger partial charge in [-0.3, -0.25) is 0 Å². The van der Waals surface area contributed by atoms with Gasteiger partial charge < -0.3 is 9.57 Å². The first-order valence-electron chi connectivity index (χ1n) is 1.75. The molecule has 42 valence electrons. The van der Waals surface area contributed by atoms with Gasteiger partial charge in [0.15, 0.2) is 6.61 Å². The van der Waals surface area contributed by atoms with Gasteiger partial charge in [0.25, 0.3) is 0 Å². The summed E-state index contributed by atoms with van der Waals surface area (Å²) in [6.45, 7) is 1.21. The standard InChI is InChI=1S/C3H5NO2.ClH/c1-2-6-4-3-5-1;/h3H,1-2H2;1H. The molecule has 0 aromatic heterocycles. The van der Waals surface area contributed by atoms with Crippen molar-refractivity contribution in [2.75, 3.05) is 13.2 Å². The highest BCUT2D eigenvalue weighted by molar-refractivity contribution is 5.85. The van der Waals surface area contributed by atoms with Gasteiger partial charge in [-0.2, -0.15) is 0 Å². The molecule has 0 aliphatic carbocycles. The van der Waals surface area contributed by atoms with Crippen molar-refractivity contribution in [3.63, 3.8) is 0 Å². The average molecular weight is 124 g/mol. The van der Waals surface area contributed by atoms with Gasteiger partial charge in [-0.1, -0.05) is 5.16 Å². The van der Waals surface area contributed by atoms with E-state index >= 15 is 0 Å². The fourth-order valence-electron chi connectivity index (χ4n) is 0.252. The quantitative estimate of drug-likeness (QED) is 0.467. The zero-order valence-electron chi connectivity index (χ0n) is 3.66. The Morgan fingerprint density at radius 3 is 2.43 bits per heavy atom. The Kier molecular flexibility index (Phi) is 3.50. The molecule has 0 aromatic carbocycles. The lowest BCUT2D eigenvalue weighted by Gasteiger charge is -2.02. The predicted molar refractivity (Wildman–Crippen MR) is 27.6 cm³/mol. The second kappa shape index (κ2) is 3.74. The Balaban J connectivity index is 0.000000360. The molecule has 1 heterocycles. The van der Waals surface area contributed by atoms with Gasteiger partial charge in [0, 0.05) is 0 Å². The second-order valence-corrected chi connectivity index (χ2v) is 0.915. The van der Waals surface area contributed by atoms with Crippen molar-refractivity contribution >= 4 is 18.8 Å². The lowest BCUT2D eigenvalue weighted by molar-refractivity contribution is 0.0719. The lowest BCUT2D eigenvalue weighted by atomic mass is 10.8. The zero-order valence-corrected chi connectivity index (χ0v) is 4.48. The van der Waals surface area contributed by atoms with E-state index in [-0.39, 0.29) is 12.4 Å². The summed E-state index contributed by atoms with van der Waals surface area (Å²) in [7, 11) is 0. The number of nitrogens with zero attached hydrogens (tertiary/aromatic N) is 1. The van der Waals surface area contributed by atoms with Gasteiger partial charge in [0.2, 0.25) is 6.40 Å². The Labute approximate surface area is 47.7 Å². The number of oxime groups is 1. The number of halogens is 1. The molecular weight excluding hydrogens is 117 g/mol. The van der Waals surface area contributed by atoms with Gasteiger partial charge >= 0.3 is 0 Å². The number of ether oxygens (including phenoxy) is 1. The molecule has 7 heavy (non-hydrogen) atoms. The van der Waals surface area contributed by atoms with Crippen LogP contribution in [0, 0.1) is 0 Å². The highest BCUT2D eigenvalue weighted by Gasteiger charge is 1.87. The molecule has 0 saturated heterocycles. The molecule has 0 radical (unpaired) electrons. The molecule has 0 atom stereocenters. The molecular formula is C3H6ClNO2. The predicted octanol–water partition coefficient (Wildman–Crippen LogP) is 0.398. The van der Waals surface area contributed by atoms with E-state index in [2.05, 4.69) is 14.7 Å². The van der Waals surface area contributed by atoms with Crippen LogP contribution < -0.4 is 0 Å². The van der Waals surface area contributed by atoms with Gasteiger partial charge in [-0.15, -0.1) is 12.4 Å². The summed E-state index contributed by atoms with van der Waals surface area (Å²) in [5, 5.41) is 3.33. The second-order valence-electron chi connectivity index (χ2n) is 0.915. The van der Waals surface area contributed by atoms with Crippen LogP contribution in [-0.2, 0) is 9.57 Å². The van der Waals surface area contributed by atoms with E-state index in [1.165, 1.54) is 6.40 Å². The van der Waals surface area contributed by atoms with Crippen LogP contribution >= 0.6 is 12.4 Å². The van der Waals surface area contributed by atoms with Gasteiger partial charge in [0.05, 0.1) is 0 Å².